The fraction of sp³-hybridized carbons (Fsp3) is 0.929. The topological polar surface area (TPSA) is 40.5 Å². The van der Waals surface area contributed by atoms with Gasteiger partial charge in [0, 0.05) is 5.92 Å². The van der Waals surface area contributed by atoms with Gasteiger partial charge in [-0.3, -0.25) is 4.79 Å². The number of likely N-dealkylation sites (tertiary alicyclic amines) is 1. The molecule has 1 saturated carbocycles. The first-order chi connectivity index (χ1) is 8.14. The molecule has 1 heterocycles. The van der Waals surface area contributed by atoms with Crippen molar-refractivity contribution in [2.75, 3.05) is 13.1 Å². The smallest absolute Gasteiger partial charge is 0.225 e. The van der Waals surface area contributed by atoms with Gasteiger partial charge in [-0.2, -0.15) is 0 Å². The molecule has 98 valence electrons. The van der Waals surface area contributed by atoms with Gasteiger partial charge in [-0.1, -0.05) is 39.0 Å². The second-order valence-corrected chi connectivity index (χ2v) is 5.86. The summed E-state index contributed by atoms with van der Waals surface area (Å²) in [4.78, 5) is 14.1. The lowest BCUT2D eigenvalue weighted by Gasteiger charge is -2.47. The monoisotopic (exact) mass is 239 g/mol. The molecule has 1 amide bonds. The van der Waals surface area contributed by atoms with Crippen molar-refractivity contribution in [1.29, 1.82) is 0 Å². The van der Waals surface area contributed by atoms with Gasteiger partial charge >= 0.3 is 0 Å². The highest BCUT2D eigenvalue weighted by molar-refractivity contribution is 5.80. The molecule has 0 unspecified atom stereocenters. The van der Waals surface area contributed by atoms with Gasteiger partial charge in [-0.25, -0.2) is 0 Å². The maximum atomic E-state index is 12.2. The minimum absolute atomic E-state index is 0.240. The van der Waals surface area contributed by atoms with Gasteiger partial charge < -0.3 is 10.0 Å². The molecule has 0 bridgehead atoms. The third-order valence-corrected chi connectivity index (χ3v) is 4.20. The lowest BCUT2D eigenvalue weighted by atomic mass is 9.87. The Labute approximate surface area is 104 Å². The molecule has 1 aliphatic heterocycles. The molecule has 0 aromatic heterocycles. The van der Waals surface area contributed by atoms with Crippen LogP contribution in [0.25, 0.3) is 0 Å². The molecule has 2 fully saturated rings. The second kappa shape index (κ2) is 5.38. The van der Waals surface area contributed by atoms with E-state index < -0.39 is 5.60 Å². The Morgan fingerprint density at radius 3 is 2.35 bits per heavy atom. The van der Waals surface area contributed by atoms with Crippen LogP contribution >= 0.6 is 0 Å². The normalized spacial score (nSPS) is 25.2. The van der Waals surface area contributed by atoms with Crippen LogP contribution in [0.4, 0.5) is 0 Å². The average Bonchev–Trinajstić information content (AvgIpc) is 2.53. The van der Waals surface area contributed by atoms with Crippen LogP contribution < -0.4 is 0 Å². The number of carbonyl (C=O) groups is 1. The highest BCUT2D eigenvalue weighted by atomic mass is 16.3. The van der Waals surface area contributed by atoms with Crippen LogP contribution in [0.3, 0.4) is 0 Å². The fourth-order valence-electron chi connectivity index (χ4n) is 3.23. The summed E-state index contributed by atoms with van der Waals surface area (Å²) in [6.07, 6.45) is 8.88. The molecule has 3 nitrogen and oxygen atoms in total. The maximum Gasteiger partial charge on any atom is 0.225 e. The summed E-state index contributed by atoms with van der Waals surface area (Å²) in [6, 6.07) is 0. The number of hydrogen-bond acceptors (Lipinski definition) is 2. The largest absolute Gasteiger partial charge is 0.386 e. The number of rotatable bonds is 3. The predicted molar refractivity (Wildman–Crippen MR) is 67.6 cm³/mol. The van der Waals surface area contributed by atoms with Crippen LogP contribution in [-0.2, 0) is 4.79 Å². The summed E-state index contributed by atoms with van der Waals surface area (Å²) in [5, 5.41) is 10.1. The van der Waals surface area contributed by atoms with Crippen molar-refractivity contribution in [3.63, 3.8) is 0 Å². The summed E-state index contributed by atoms with van der Waals surface area (Å²) in [6.45, 7) is 3.21. The quantitative estimate of drug-likeness (QED) is 0.768. The number of hydrogen-bond donors (Lipinski definition) is 1. The summed E-state index contributed by atoms with van der Waals surface area (Å²) >= 11 is 0. The van der Waals surface area contributed by atoms with Gasteiger partial charge in [0.15, 0.2) is 0 Å². The minimum atomic E-state index is -0.574. The molecule has 2 rings (SSSR count). The Kier molecular flexibility index (Phi) is 4.08. The van der Waals surface area contributed by atoms with E-state index in [9.17, 15) is 9.90 Å². The van der Waals surface area contributed by atoms with E-state index >= 15 is 0 Å². The van der Waals surface area contributed by atoms with E-state index in [1.807, 2.05) is 4.90 Å². The summed E-state index contributed by atoms with van der Waals surface area (Å²) in [7, 11) is 0. The van der Waals surface area contributed by atoms with E-state index in [0.717, 1.165) is 25.7 Å². The highest BCUT2D eigenvalue weighted by Crippen LogP contribution is 2.31. The SMILES string of the molecule is CCCC1(O)CN(C(=O)C2CCCCCC2)C1. The second-order valence-electron chi connectivity index (χ2n) is 5.86. The van der Waals surface area contributed by atoms with Crippen molar-refractivity contribution in [2.45, 2.75) is 63.9 Å². The zero-order chi connectivity index (χ0) is 12.3. The fourth-order valence-corrected chi connectivity index (χ4v) is 3.23. The van der Waals surface area contributed by atoms with E-state index in [-0.39, 0.29) is 5.92 Å². The van der Waals surface area contributed by atoms with Gasteiger partial charge in [-0.05, 0) is 19.3 Å². The zero-order valence-corrected chi connectivity index (χ0v) is 11.0. The number of amides is 1. The molecule has 0 aromatic rings. The first kappa shape index (κ1) is 12.9. The van der Waals surface area contributed by atoms with Crippen LogP contribution in [-0.4, -0.2) is 34.6 Å². The third-order valence-electron chi connectivity index (χ3n) is 4.20. The number of carbonyl (C=O) groups excluding carboxylic acids is 1. The Morgan fingerprint density at radius 1 is 1.24 bits per heavy atom. The van der Waals surface area contributed by atoms with Gasteiger partial charge in [0.1, 0.15) is 0 Å². The van der Waals surface area contributed by atoms with Crippen molar-refractivity contribution < 1.29 is 9.90 Å². The Bertz CT molecular complexity index is 263. The first-order valence-corrected chi connectivity index (χ1v) is 7.16. The molecule has 0 aromatic carbocycles. The highest BCUT2D eigenvalue weighted by Gasteiger charge is 2.44. The third kappa shape index (κ3) is 3.01. The number of nitrogens with zero attached hydrogens (tertiary/aromatic N) is 1. The summed E-state index contributed by atoms with van der Waals surface area (Å²) < 4.78 is 0. The van der Waals surface area contributed by atoms with E-state index in [4.69, 9.17) is 0 Å². The van der Waals surface area contributed by atoms with E-state index in [0.29, 0.717) is 19.0 Å². The van der Waals surface area contributed by atoms with E-state index in [1.165, 1.54) is 25.7 Å². The van der Waals surface area contributed by atoms with Gasteiger partial charge in [-0.15, -0.1) is 0 Å². The molecular weight excluding hydrogens is 214 g/mol. The van der Waals surface area contributed by atoms with Crippen molar-refractivity contribution >= 4 is 5.91 Å². The molecule has 0 spiro atoms. The van der Waals surface area contributed by atoms with Gasteiger partial charge in [0.25, 0.3) is 0 Å². The van der Waals surface area contributed by atoms with Gasteiger partial charge in [0.2, 0.25) is 5.91 Å². The molecule has 0 radical (unpaired) electrons. The molecular formula is C14H25NO2. The lowest BCUT2D eigenvalue weighted by molar-refractivity contribution is -0.161. The number of β-amino-alcohol motifs (C(OH)–C–C–N with tert-alkyl or cyclic N) is 1. The predicted octanol–water partition coefficient (Wildman–Crippen LogP) is 2.33. The molecule has 2 aliphatic rings. The van der Waals surface area contributed by atoms with Crippen molar-refractivity contribution in [1.82, 2.24) is 4.90 Å². The van der Waals surface area contributed by atoms with Crippen LogP contribution in [0.2, 0.25) is 0 Å². The van der Waals surface area contributed by atoms with Gasteiger partial charge in [0.05, 0.1) is 18.7 Å². The molecule has 1 N–H and O–H groups in total. The standard InChI is InChI=1S/C14H25NO2/c1-2-9-14(17)10-15(11-14)13(16)12-7-5-3-4-6-8-12/h12,17H,2-11H2,1H3. The van der Waals surface area contributed by atoms with Crippen LogP contribution in [0.15, 0.2) is 0 Å². The minimum Gasteiger partial charge on any atom is -0.386 e. The Morgan fingerprint density at radius 2 is 1.82 bits per heavy atom. The van der Waals surface area contributed by atoms with Crippen LogP contribution in [0, 0.1) is 5.92 Å². The first-order valence-electron chi connectivity index (χ1n) is 7.16. The summed E-state index contributed by atoms with van der Waals surface area (Å²) in [5.41, 5.74) is -0.574. The van der Waals surface area contributed by atoms with Crippen LogP contribution in [0.1, 0.15) is 58.3 Å². The van der Waals surface area contributed by atoms with E-state index in [2.05, 4.69) is 6.92 Å². The Hall–Kier alpha value is -0.570. The lowest BCUT2D eigenvalue weighted by Crippen LogP contribution is -2.64. The maximum absolute atomic E-state index is 12.2. The van der Waals surface area contributed by atoms with Crippen molar-refractivity contribution in [3.05, 3.63) is 0 Å². The number of aliphatic hydroxyl groups is 1. The summed E-state index contributed by atoms with van der Waals surface area (Å²) in [5.74, 6) is 0.538. The van der Waals surface area contributed by atoms with Crippen molar-refractivity contribution in [3.8, 4) is 0 Å². The molecule has 17 heavy (non-hydrogen) atoms. The molecule has 3 heteroatoms. The zero-order valence-electron chi connectivity index (χ0n) is 11.0. The molecule has 0 atom stereocenters. The van der Waals surface area contributed by atoms with E-state index in [1.54, 1.807) is 0 Å². The molecule has 1 aliphatic carbocycles. The van der Waals surface area contributed by atoms with Crippen molar-refractivity contribution in [2.24, 2.45) is 5.92 Å². The Balaban J connectivity index is 1.81. The van der Waals surface area contributed by atoms with Crippen LogP contribution in [0.5, 0.6) is 0 Å². The average molecular weight is 239 g/mol. The molecule has 1 saturated heterocycles.